The number of amides is 3. The van der Waals surface area contributed by atoms with Crippen LogP contribution in [0.15, 0.2) is 42.5 Å². The quantitative estimate of drug-likeness (QED) is 0.477. The Morgan fingerprint density at radius 1 is 0.938 bits per heavy atom. The van der Waals surface area contributed by atoms with Crippen LogP contribution in [0, 0.1) is 12.7 Å². The lowest BCUT2D eigenvalue weighted by atomic mass is 10.1. The Labute approximate surface area is 197 Å². The van der Waals surface area contributed by atoms with Gasteiger partial charge in [0, 0.05) is 19.7 Å². The lowest BCUT2D eigenvalue weighted by Crippen LogP contribution is -2.22. The number of anilines is 2. The van der Waals surface area contributed by atoms with Crippen molar-refractivity contribution >= 4 is 62.9 Å². The Morgan fingerprint density at radius 2 is 1.66 bits per heavy atom. The molecule has 2 aromatic carbocycles. The van der Waals surface area contributed by atoms with Gasteiger partial charge in [-0.2, -0.15) is 0 Å². The highest BCUT2D eigenvalue weighted by Gasteiger charge is 2.19. The Kier molecular flexibility index (Phi) is 7.18. The van der Waals surface area contributed by atoms with E-state index < -0.39 is 17.6 Å². The lowest BCUT2D eigenvalue weighted by molar-refractivity contribution is 0.0827. The van der Waals surface area contributed by atoms with Crippen LogP contribution >= 0.6 is 34.5 Å². The van der Waals surface area contributed by atoms with Crippen LogP contribution in [0.25, 0.3) is 0 Å². The van der Waals surface area contributed by atoms with E-state index in [0.717, 1.165) is 23.5 Å². The number of benzene rings is 2. The summed E-state index contributed by atoms with van der Waals surface area (Å²) in [5.74, 6) is -1.74. The number of thiophene rings is 1. The smallest absolute Gasteiger partial charge is 0.266 e. The maximum atomic E-state index is 13.2. The molecule has 0 aliphatic heterocycles. The van der Waals surface area contributed by atoms with Crippen molar-refractivity contribution in [3.05, 3.63) is 79.9 Å². The zero-order chi connectivity index (χ0) is 23.6. The van der Waals surface area contributed by atoms with Gasteiger partial charge in [-0.25, -0.2) is 4.39 Å². The van der Waals surface area contributed by atoms with E-state index in [1.807, 2.05) is 0 Å². The third kappa shape index (κ3) is 5.27. The van der Waals surface area contributed by atoms with E-state index in [2.05, 4.69) is 10.6 Å². The van der Waals surface area contributed by atoms with Crippen LogP contribution < -0.4 is 10.6 Å². The van der Waals surface area contributed by atoms with E-state index in [-0.39, 0.29) is 21.5 Å². The molecule has 10 heteroatoms. The summed E-state index contributed by atoms with van der Waals surface area (Å²) >= 11 is 13.2. The van der Waals surface area contributed by atoms with Crippen molar-refractivity contribution in [1.29, 1.82) is 0 Å². The van der Waals surface area contributed by atoms with Gasteiger partial charge in [0.15, 0.2) is 0 Å². The minimum absolute atomic E-state index is 0.0180. The molecule has 3 aromatic rings. The van der Waals surface area contributed by atoms with Gasteiger partial charge < -0.3 is 15.5 Å². The summed E-state index contributed by atoms with van der Waals surface area (Å²) in [4.78, 5) is 39.3. The minimum Gasteiger partial charge on any atom is -0.345 e. The zero-order valence-corrected chi connectivity index (χ0v) is 19.6. The first kappa shape index (κ1) is 23.7. The first-order chi connectivity index (χ1) is 15.1. The maximum Gasteiger partial charge on any atom is 0.266 e. The molecule has 32 heavy (non-hydrogen) atoms. The van der Waals surface area contributed by atoms with Crippen LogP contribution in [0.4, 0.5) is 15.1 Å². The molecule has 1 aromatic heterocycles. The monoisotopic (exact) mass is 493 g/mol. The van der Waals surface area contributed by atoms with Crippen molar-refractivity contribution in [3.63, 3.8) is 0 Å². The van der Waals surface area contributed by atoms with Gasteiger partial charge in [0.25, 0.3) is 17.7 Å². The molecule has 3 amide bonds. The van der Waals surface area contributed by atoms with Crippen molar-refractivity contribution in [2.45, 2.75) is 6.92 Å². The molecule has 0 unspecified atom stereocenters. The molecule has 0 spiro atoms. The fraction of sp³-hybridized carbons (Fsp3) is 0.136. The number of hydrogen-bond donors (Lipinski definition) is 2. The molecule has 6 nitrogen and oxygen atoms in total. The second-order valence-corrected chi connectivity index (χ2v) is 8.92. The highest BCUT2D eigenvalue weighted by atomic mass is 35.5. The van der Waals surface area contributed by atoms with E-state index in [9.17, 15) is 18.8 Å². The lowest BCUT2D eigenvalue weighted by Gasteiger charge is -2.13. The third-order valence-corrected chi connectivity index (χ3v) is 6.20. The molecule has 0 saturated heterocycles. The van der Waals surface area contributed by atoms with Gasteiger partial charge in [-0.05, 0) is 55.0 Å². The minimum atomic E-state index is -0.549. The average molecular weight is 494 g/mol. The van der Waals surface area contributed by atoms with Crippen LogP contribution in [0.2, 0.25) is 10.0 Å². The van der Waals surface area contributed by atoms with E-state index in [1.165, 1.54) is 23.1 Å². The van der Waals surface area contributed by atoms with Gasteiger partial charge in [-0.1, -0.05) is 23.2 Å². The van der Waals surface area contributed by atoms with Crippen molar-refractivity contribution in [1.82, 2.24) is 4.90 Å². The number of carbonyl (C=O) groups excluding carboxylic acids is 3. The number of carbonyl (C=O) groups is 3. The average Bonchev–Trinajstić information content (AvgIpc) is 3.08. The second kappa shape index (κ2) is 9.68. The highest BCUT2D eigenvalue weighted by molar-refractivity contribution is 7.18. The Hall–Kier alpha value is -2.94. The van der Waals surface area contributed by atoms with E-state index in [4.69, 9.17) is 23.2 Å². The first-order valence-electron chi connectivity index (χ1n) is 9.26. The van der Waals surface area contributed by atoms with Gasteiger partial charge in [0.05, 0.1) is 31.2 Å². The molecular formula is C22H18Cl2FN3O3S. The van der Waals surface area contributed by atoms with Gasteiger partial charge in [-0.3, -0.25) is 14.4 Å². The van der Waals surface area contributed by atoms with Crippen molar-refractivity contribution in [3.8, 4) is 0 Å². The standard InChI is InChI=1S/C22H18Cl2FN3O3S/c1-11-8-18(27-20(29)14-6-5-13(25)10-16(14)24)32-19(11)21(30)26-17-9-12(4-7-15(17)23)22(31)28(2)3/h4-10H,1-3H3,(H,26,30)(H,27,29). The van der Waals surface area contributed by atoms with Gasteiger partial charge in [-0.15, -0.1) is 11.3 Å². The maximum absolute atomic E-state index is 13.2. The molecule has 2 N–H and O–H groups in total. The summed E-state index contributed by atoms with van der Waals surface area (Å²) < 4.78 is 13.2. The number of rotatable bonds is 5. The fourth-order valence-corrected chi connectivity index (χ4v) is 4.19. The first-order valence-corrected chi connectivity index (χ1v) is 10.8. The molecule has 0 atom stereocenters. The summed E-state index contributed by atoms with van der Waals surface area (Å²) in [7, 11) is 3.25. The summed E-state index contributed by atoms with van der Waals surface area (Å²) in [5, 5.41) is 6.05. The molecule has 0 fully saturated rings. The number of aryl methyl sites for hydroxylation is 1. The molecule has 166 valence electrons. The Bertz CT molecular complexity index is 1230. The number of nitrogens with one attached hydrogen (secondary N) is 2. The second-order valence-electron chi connectivity index (χ2n) is 7.05. The van der Waals surface area contributed by atoms with Crippen molar-refractivity contribution < 1.29 is 18.8 Å². The predicted molar refractivity (Wildman–Crippen MR) is 126 cm³/mol. The molecule has 0 aliphatic rings. The van der Waals surface area contributed by atoms with Crippen LogP contribution in [0.3, 0.4) is 0 Å². The SMILES string of the molecule is Cc1cc(NC(=O)c2ccc(F)cc2Cl)sc1C(=O)Nc1cc(C(=O)N(C)C)ccc1Cl. The molecule has 1 heterocycles. The summed E-state index contributed by atoms with van der Waals surface area (Å²) in [5.41, 5.74) is 1.41. The molecular weight excluding hydrogens is 476 g/mol. The van der Waals surface area contributed by atoms with Crippen LogP contribution in [0.1, 0.15) is 36.0 Å². The summed E-state index contributed by atoms with van der Waals surface area (Å²) in [6.07, 6.45) is 0. The number of nitrogens with zero attached hydrogens (tertiary/aromatic N) is 1. The van der Waals surface area contributed by atoms with Crippen LogP contribution in [-0.4, -0.2) is 36.7 Å². The van der Waals surface area contributed by atoms with Crippen molar-refractivity contribution in [2.24, 2.45) is 0 Å². The van der Waals surface area contributed by atoms with Crippen LogP contribution in [-0.2, 0) is 0 Å². The molecule has 0 radical (unpaired) electrons. The fourth-order valence-electron chi connectivity index (χ4n) is 2.81. The van der Waals surface area contributed by atoms with E-state index in [0.29, 0.717) is 26.7 Å². The Morgan fingerprint density at radius 3 is 2.31 bits per heavy atom. The molecule has 0 saturated carbocycles. The largest absolute Gasteiger partial charge is 0.345 e. The molecule has 0 bridgehead atoms. The van der Waals surface area contributed by atoms with E-state index >= 15 is 0 Å². The number of hydrogen-bond acceptors (Lipinski definition) is 4. The highest BCUT2D eigenvalue weighted by Crippen LogP contribution is 2.30. The van der Waals surface area contributed by atoms with Gasteiger partial charge in [0.1, 0.15) is 5.82 Å². The topological polar surface area (TPSA) is 78.5 Å². The molecule has 0 aliphatic carbocycles. The molecule has 3 rings (SSSR count). The summed E-state index contributed by atoms with van der Waals surface area (Å²) in [6.45, 7) is 1.72. The Balaban J connectivity index is 1.79. The van der Waals surface area contributed by atoms with Crippen LogP contribution in [0.5, 0.6) is 0 Å². The normalized spacial score (nSPS) is 10.6. The zero-order valence-electron chi connectivity index (χ0n) is 17.3. The number of halogens is 3. The van der Waals surface area contributed by atoms with Crippen molar-refractivity contribution in [2.75, 3.05) is 24.7 Å². The van der Waals surface area contributed by atoms with Gasteiger partial charge in [0.2, 0.25) is 0 Å². The summed E-state index contributed by atoms with van der Waals surface area (Å²) in [6, 6.07) is 9.72. The predicted octanol–water partition coefficient (Wildman–Crippen LogP) is 5.71. The van der Waals surface area contributed by atoms with E-state index in [1.54, 1.807) is 33.2 Å². The third-order valence-electron chi connectivity index (χ3n) is 4.40. The van der Waals surface area contributed by atoms with Gasteiger partial charge >= 0.3 is 0 Å².